The molecule has 2 N–H and O–H groups in total. The molecule has 0 saturated heterocycles. The molecule has 2 rings (SSSR count). The largest absolute Gasteiger partial charge is 0.490 e. The molecule has 10 heteroatoms. The molecule has 0 atom stereocenters. The van der Waals surface area contributed by atoms with Crippen LogP contribution in [0.3, 0.4) is 0 Å². The number of methoxy groups -OCH3 is 2. The molecule has 0 aromatic heterocycles. The Balaban J connectivity index is 2.75. The van der Waals surface area contributed by atoms with Crippen molar-refractivity contribution in [2.75, 3.05) is 19.1 Å². The third-order valence-corrected chi connectivity index (χ3v) is 4.12. The zero-order chi connectivity index (χ0) is 19.4. The van der Waals surface area contributed by atoms with Gasteiger partial charge in [0.15, 0.2) is 0 Å². The van der Waals surface area contributed by atoms with E-state index >= 15 is 0 Å². The van der Waals surface area contributed by atoms with E-state index < -0.39 is 19.1 Å². The summed E-state index contributed by atoms with van der Waals surface area (Å²) in [6.07, 6.45) is 5.93. The zero-order valence-corrected chi connectivity index (χ0v) is 15.3. The van der Waals surface area contributed by atoms with Gasteiger partial charge in [0.25, 0.3) is 0 Å². The topological polar surface area (TPSA) is 96.3 Å². The molecule has 7 nitrogen and oxygen atoms in total. The van der Waals surface area contributed by atoms with Gasteiger partial charge in [-0.1, -0.05) is 29.3 Å². The summed E-state index contributed by atoms with van der Waals surface area (Å²) in [5.41, 5.74) is -0.0742. The summed E-state index contributed by atoms with van der Waals surface area (Å²) < 4.78 is 9.50. The Labute approximate surface area is 159 Å². The predicted molar refractivity (Wildman–Crippen MR) is 98.1 cm³/mol. The number of esters is 2. The highest BCUT2D eigenvalue weighted by Crippen LogP contribution is 2.33. The Kier molecular flexibility index (Phi) is 6.49. The summed E-state index contributed by atoms with van der Waals surface area (Å²) in [5.74, 6) is -1.58. The van der Waals surface area contributed by atoms with Crippen LogP contribution in [0.25, 0.3) is 0 Å². The van der Waals surface area contributed by atoms with E-state index in [9.17, 15) is 19.6 Å². The van der Waals surface area contributed by atoms with Crippen molar-refractivity contribution >= 4 is 53.4 Å². The number of allylic oxidation sites excluding steroid dienone is 2. The molecule has 0 spiro atoms. The Morgan fingerprint density at radius 1 is 1.04 bits per heavy atom. The second kappa shape index (κ2) is 8.42. The van der Waals surface area contributed by atoms with E-state index in [1.165, 1.54) is 42.5 Å². The van der Waals surface area contributed by atoms with Gasteiger partial charge >= 0.3 is 19.1 Å². The summed E-state index contributed by atoms with van der Waals surface area (Å²) in [4.78, 5) is 25.8. The highest BCUT2D eigenvalue weighted by Gasteiger charge is 2.29. The van der Waals surface area contributed by atoms with Gasteiger partial charge in [-0.15, -0.1) is 0 Å². The van der Waals surface area contributed by atoms with Crippen LogP contribution in [0.2, 0.25) is 10.0 Å². The van der Waals surface area contributed by atoms with Gasteiger partial charge in [0.05, 0.1) is 30.5 Å². The molecule has 0 unspecified atom stereocenters. The third kappa shape index (κ3) is 3.94. The smallest absolute Gasteiger partial charge is 0.465 e. The molecular weight excluding hydrogens is 384 g/mol. The monoisotopic (exact) mass is 397 g/mol. The number of anilines is 1. The quantitative estimate of drug-likeness (QED) is 0.581. The Hall–Kier alpha value is -2.26. The molecular formula is C16H14BCl2NO6. The van der Waals surface area contributed by atoms with Crippen LogP contribution in [-0.4, -0.2) is 43.3 Å². The summed E-state index contributed by atoms with van der Waals surface area (Å²) in [5, 5.41) is 19.1. The van der Waals surface area contributed by atoms with E-state index in [1.807, 2.05) is 0 Å². The first kappa shape index (κ1) is 20.1. The number of halogens is 2. The van der Waals surface area contributed by atoms with Gasteiger partial charge in [0.2, 0.25) is 0 Å². The maximum Gasteiger partial charge on any atom is 0.490 e. The van der Waals surface area contributed by atoms with Gasteiger partial charge in [0.1, 0.15) is 5.70 Å². The molecule has 0 saturated carbocycles. The normalized spacial score (nSPS) is 13.5. The van der Waals surface area contributed by atoms with Gasteiger partial charge in [-0.2, -0.15) is 0 Å². The molecule has 1 aliphatic heterocycles. The molecule has 1 aliphatic rings. The van der Waals surface area contributed by atoms with Crippen LogP contribution in [-0.2, 0) is 19.1 Å². The van der Waals surface area contributed by atoms with Gasteiger partial charge < -0.3 is 24.4 Å². The summed E-state index contributed by atoms with van der Waals surface area (Å²) in [7, 11) is 0.474. The molecule has 0 radical (unpaired) electrons. The average Bonchev–Trinajstić information content (AvgIpc) is 2.83. The van der Waals surface area contributed by atoms with Gasteiger partial charge in [-0.05, 0) is 24.3 Å². The van der Waals surface area contributed by atoms with Crippen molar-refractivity contribution in [2.24, 2.45) is 0 Å². The minimum Gasteiger partial charge on any atom is -0.465 e. The van der Waals surface area contributed by atoms with E-state index in [0.717, 1.165) is 7.11 Å². The second-order valence-corrected chi connectivity index (χ2v) is 5.83. The fraction of sp³-hybridized carbons (Fsp3) is 0.125. The van der Waals surface area contributed by atoms with E-state index in [2.05, 4.69) is 0 Å². The lowest BCUT2D eigenvalue weighted by Crippen LogP contribution is -2.33. The van der Waals surface area contributed by atoms with Crippen molar-refractivity contribution in [2.45, 2.75) is 0 Å². The van der Waals surface area contributed by atoms with Crippen LogP contribution >= 0.6 is 23.2 Å². The molecule has 0 fully saturated rings. The maximum absolute atomic E-state index is 12.4. The molecule has 136 valence electrons. The lowest BCUT2D eigenvalue weighted by atomic mass is 9.80. The van der Waals surface area contributed by atoms with Crippen molar-refractivity contribution in [1.82, 2.24) is 0 Å². The Morgan fingerprint density at radius 2 is 1.69 bits per heavy atom. The van der Waals surface area contributed by atoms with Crippen LogP contribution in [0.15, 0.2) is 47.8 Å². The van der Waals surface area contributed by atoms with E-state index in [1.54, 1.807) is 6.08 Å². The SMILES string of the molecule is COC(=O)C1=C(C(=O)OC)N(c2cc(B(O)O)c(Cl)cc2Cl)C=CC=C1. The maximum atomic E-state index is 12.4. The molecule has 1 aromatic rings. The van der Waals surface area contributed by atoms with Crippen LogP contribution in [0.1, 0.15) is 0 Å². The fourth-order valence-corrected chi connectivity index (χ4v) is 2.86. The number of hydrogen-bond donors (Lipinski definition) is 2. The van der Waals surface area contributed by atoms with Crippen LogP contribution in [0.5, 0.6) is 0 Å². The number of carbonyl (C=O) groups excluding carboxylic acids is 2. The van der Waals surface area contributed by atoms with Gasteiger partial charge in [0, 0.05) is 16.7 Å². The molecule has 1 aromatic carbocycles. The number of rotatable bonds is 4. The number of benzene rings is 1. The fourth-order valence-electron chi connectivity index (χ4n) is 2.29. The second-order valence-electron chi connectivity index (χ2n) is 5.01. The van der Waals surface area contributed by atoms with E-state index in [0.29, 0.717) is 0 Å². The highest BCUT2D eigenvalue weighted by molar-refractivity contribution is 6.63. The molecule has 0 aliphatic carbocycles. The lowest BCUT2D eigenvalue weighted by molar-refractivity contribution is -0.139. The first-order valence-electron chi connectivity index (χ1n) is 7.21. The Morgan fingerprint density at radius 3 is 2.27 bits per heavy atom. The minimum absolute atomic E-state index is 0.0273. The zero-order valence-electron chi connectivity index (χ0n) is 13.8. The summed E-state index contributed by atoms with van der Waals surface area (Å²) in [6.45, 7) is 0. The van der Waals surface area contributed by atoms with Crippen LogP contribution in [0, 0.1) is 0 Å². The van der Waals surface area contributed by atoms with E-state index in [-0.39, 0.29) is 32.5 Å². The van der Waals surface area contributed by atoms with Crippen molar-refractivity contribution in [3.05, 3.63) is 57.9 Å². The van der Waals surface area contributed by atoms with Crippen molar-refractivity contribution in [3.63, 3.8) is 0 Å². The summed E-state index contributed by atoms with van der Waals surface area (Å²) >= 11 is 12.2. The van der Waals surface area contributed by atoms with Gasteiger partial charge in [-0.25, -0.2) is 9.59 Å². The minimum atomic E-state index is -1.86. The van der Waals surface area contributed by atoms with E-state index in [4.69, 9.17) is 32.7 Å². The first-order chi connectivity index (χ1) is 12.3. The molecule has 26 heavy (non-hydrogen) atoms. The van der Waals surface area contributed by atoms with Crippen molar-refractivity contribution < 1.29 is 29.1 Å². The van der Waals surface area contributed by atoms with Crippen LogP contribution in [0.4, 0.5) is 5.69 Å². The number of hydrogen-bond acceptors (Lipinski definition) is 7. The van der Waals surface area contributed by atoms with Gasteiger partial charge in [-0.3, -0.25) is 0 Å². The highest BCUT2D eigenvalue weighted by atomic mass is 35.5. The third-order valence-electron chi connectivity index (χ3n) is 3.49. The van der Waals surface area contributed by atoms with Crippen molar-refractivity contribution in [3.8, 4) is 0 Å². The number of nitrogens with zero attached hydrogens (tertiary/aromatic N) is 1. The number of carbonyl (C=O) groups is 2. The predicted octanol–water partition coefficient (Wildman–Crippen LogP) is 1.16. The standard InChI is InChI=1S/C16H14BCl2NO6/c1-25-15(21)9-5-3-4-6-20(14(9)16(22)26-2)13-7-10(17(23)24)11(18)8-12(13)19/h3-8,23-24H,1-2H3. The number of ether oxygens (including phenoxy) is 2. The first-order valence-corrected chi connectivity index (χ1v) is 7.97. The molecule has 0 bridgehead atoms. The summed E-state index contributed by atoms with van der Waals surface area (Å²) in [6, 6.07) is 2.59. The van der Waals surface area contributed by atoms with Crippen LogP contribution < -0.4 is 10.4 Å². The van der Waals surface area contributed by atoms with Crippen molar-refractivity contribution in [1.29, 1.82) is 0 Å². The molecule has 0 amide bonds. The lowest BCUT2D eigenvalue weighted by Gasteiger charge is -2.25. The molecule has 1 heterocycles. The average molecular weight is 398 g/mol. The Bertz CT molecular complexity index is 834.